The summed E-state index contributed by atoms with van der Waals surface area (Å²) in [5.74, 6) is -8.24. The Bertz CT molecular complexity index is 2090. The van der Waals surface area contributed by atoms with Gasteiger partial charge >= 0.3 is 11.8 Å². The summed E-state index contributed by atoms with van der Waals surface area (Å²) in [6.45, 7) is 13.8. The van der Waals surface area contributed by atoms with E-state index in [0.29, 0.717) is 26.3 Å². The van der Waals surface area contributed by atoms with Crippen LogP contribution >= 0.6 is 0 Å². The average molecular weight is 854 g/mol. The number of anilines is 1. The molecule has 5 bridgehead atoms. The van der Waals surface area contributed by atoms with Gasteiger partial charge in [0.25, 0.3) is 17.6 Å². The van der Waals surface area contributed by atoms with Crippen LogP contribution in [0.4, 0.5) is 5.69 Å². The third kappa shape index (κ3) is 9.65. The maximum atomic E-state index is 14.5. The molecule has 0 aliphatic carbocycles. The lowest BCUT2D eigenvalue weighted by atomic mass is 9.78. The number of amides is 2. The van der Waals surface area contributed by atoms with Crippen LogP contribution in [-0.2, 0) is 33.3 Å². The number of Topliss-reactive ketones (excluding diaryl/α,β-unsaturated/α-hetero) is 1. The number of carbonyl (C=O) groups is 4. The smallest absolute Gasteiger partial charge is 0.312 e. The molecule has 4 aliphatic rings. The second-order valence-corrected chi connectivity index (χ2v) is 16.2. The summed E-state index contributed by atoms with van der Waals surface area (Å²) in [6, 6.07) is 1.26. The molecule has 2 amide bonds. The van der Waals surface area contributed by atoms with Gasteiger partial charge in [0.05, 0.1) is 54.4 Å². The van der Waals surface area contributed by atoms with Crippen LogP contribution in [-0.4, -0.2) is 131 Å². The number of hydrogen-bond donors (Lipinski definition) is 5. The van der Waals surface area contributed by atoms with Crippen molar-refractivity contribution in [3.63, 3.8) is 0 Å². The standard InChI is InChI=1S/C44H59N3O14/c1-22-12-11-13-23(2)43(55)45-29-20-31(58-21-32(49)46(9)47-15-18-57-19-16-47)33-34(39(29)53)38(52)27(6)41-35(33)42(54)44(8,61-41)59-17-14-30(56-10)24(3)40(60-28(7)48)26(5)37(51)25(4)36(22)50/h11-14,17,20,22,24-26,30,36-37,40,50-53H,15-16,18-19,21H2,1-10H3,(H,45,55)/b12-11-,17-14-,23-13-/t22-,24+,25+,26+,30-,36-,37+,40+,44-/m0/s1. The SMILES string of the molecule is CO[C@H]1/C=C\O[C@@]2(C)Oc3c(C)c(O)c4c(O)c(cc(OCC(=O)N(C)N5CCOCC5)c4c3C2=O)NC(=O)/C(C)=C\C=C/[C@H](C)[C@H](O)[C@@H](C)[C@@H](O)[C@@H](C)[C@H](OC(C)=O)[C@@H]1C. The summed E-state index contributed by atoms with van der Waals surface area (Å²) >= 11 is 0. The van der Waals surface area contributed by atoms with Gasteiger partial charge < -0.3 is 54.2 Å². The summed E-state index contributed by atoms with van der Waals surface area (Å²) < 4.78 is 35.2. The molecule has 17 nitrogen and oxygen atoms in total. The van der Waals surface area contributed by atoms with Crippen molar-refractivity contribution in [1.82, 2.24) is 10.0 Å². The minimum Gasteiger partial charge on any atom is -0.507 e. The number of allylic oxidation sites excluding steroid dienone is 2. The molecule has 17 heteroatoms. The van der Waals surface area contributed by atoms with E-state index in [1.807, 2.05) is 0 Å². The third-order valence-corrected chi connectivity index (χ3v) is 11.9. The first-order valence-corrected chi connectivity index (χ1v) is 20.3. The van der Waals surface area contributed by atoms with Crippen molar-refractivity contribution in [1.29, 1.82) is 0 Å². The van der Waals surface area contributed by atoms with E-state index in [0.717, 1.165) is 0 Å². The molecule has 9 atom stereocenters. The average Bonchev–Trinajstić information content (AvgIpc) is 3.50. The summed E-state index contributed by atoms with van der Waals surface area (Å²) in [7, 11) is 3.02. The molecule has 5 N–H and O–H groups in total. The number of hydrazine groups is 1. The van der Waals surface area contributed by atoms with E-state index in [9.17, 15) is 39.6 Å². The van der Waals surface area contributed by atoms with Crippen LogP contribution in [0.2, 0.25) is 0 Å². The van der Waals surface area contributed by atoms with Crippen molar-refractivity contribution in [3.8, 4) is 23.0 Å². The number of aliphatic hydroxyl groups is 2. The number of ether oxygens (including phenoxy) is 6. The second kappa shape index (κ2) is 19.2. The summed E-state index contributed by atoms with van der Waals surface area (Å²) in [6.07, 6.45) is 3.55. The number of fused-ring (bicyclic) bond motifs is 14. The summed E-state index contributed by atoms with van der Waals surface area (Å²) in [5, 5.41) is 51.7. The van der Waals surface area contributed by atoms with Crippen LogP contribution in [0.15, 0.2) is 42.2 Å². The highest BCUT2D eigenvalue weighted by molar-refractivity contribution is 6.21. The predicted molar refractivity (Wildman–Crippen MR) is 223 cm³/mol. The zero-order chi connectivity index (χ0) is 45.1. The number of phenolic OH excluding ortho intramolecular Hbond substituents is 2. The number of ketones is 1. The van der Waals surface area contributed by atoms with Crippen LogP contribution in [0.25, 0.3) is 10.8 Å². The minimum absolute atomic E-state index is 0.0671. The van der Waals surface area contributed by atoms with Gasteiger partial charge in [0.1, 0.15) is 23.4 Å². The van der Waals surface area contributed by atoms with E-state index in [1.165, 1.54) is 64.3 Å². The van der Waals surface area contributed by atoms with E-state index in [1.54, 1.807) is 51.9 Å². The number of esters is 1. The molecule has 0 aromatic heterocycles. The van der Waals surface area contributed by atoms with E-state index in [4.69, 9.17) is 28.4 Å². The number of phenols is 2. The Balaban J connectivity index is 1.65. The van der Waals surface area contributed by atoms with Crippen LogP contribution in [0.1, 0.15) is 64.4 Å². The fourth-order valence-corrected chi connectivity index (χ4v) is 7.99. The van der Waals surface area contributed by atoms with Gasteiger partial charge in [-0.3, -0.25) is 24.2 Å². The lowest BCUT2D eigenvalue weighted by Gasteiger charge is -2.38. The number of aromatic hydroxyl groups is 2. The Kier molecular flexibility index (Phi) is 14.8. The van der Waals surface area contributed by atoms with Gasteiger partial charge in [-0.15, -0.1) is 0 Å². The number of hydrogen-bond acceptors (Lipinski definition) is 15. The van der Waals surface area contributed by atoms with Gasteiger partial charge in [0.15, 0.2) is 12.4 Å². The maximum Gasteiger partial charge on any atom is 0.312 e. The van der Waals surface area contributed by atoms with Gasteiger partial charge in [0, 0.05) is 87.4 Å². The number of methoxy groups -OCH3 is 1. The molecule has 0 unspecified atom stereocenters. The first kappa shape index (κ1) is 46.9. The largest absolute Gasteiger partial charge is 0.507 e. The lowest BCUT2D eigenvalue weighted by Crippen LogP contribution is -2.50. The Morgan fingerprint density at radius 1 is 0.984 bits per heavy atom. The monoisotopic (exact) mass is 853 g/mol. The van der Waals surface area contributed by atoms with E-state index in [-0.39, 0.29) is 44.7 Å². The molecule has 0 saturated carbocycles. The highest BCUT2D eigenvalue weighted by Gasteiger charge is 2.50. The molecular formula is C44H59N3O14. The van der Waals surface area contributed by atoms with E-state index < -0.39 is 95.5 Å². The molecule has 6 rings (SSSR count). The van der Waals surface area contributed by atoms with Crippen molar-refractivity contribution >= 4 is 40.0 Å². The molecule has 0 spiro atoms. The summed E-state index contributed by atoms with van der Waals surface area (Å²) in [5.41, 5.74) is -0.0578. The van der Waals surface area contributed by atoms with E-state index >= 15 is 0 Å². The number of rotatable bonds is 6. The maximum absolute atomic E-state index is 14.5. The van der Waals surface area contributed by atoms with Gasteiger partial charge in [-0.25, -0.2) is 5.01 Å². The normalized spacial score (nSPS) is 31.0. The Morgan fingerprint density at radius 3 is 2.30 bits per heavy atom. The highest BCUT2D eigenvalue weighted by atomic mass is 16.7. The predicted octanol–water partition coefficient (Wildman–Crippen LogP) is 4.13. The first-order chi connectivity index (χ1) is 28.7. The van der Waals surface area contributed by atoms with Crippen LogP contribution in [0, 0.1) is 30.6 Å². The van der Waals surface area contributed by atoms with Gasteiger partial charge in [-0.1, -0.05) is 45.9 Å². The topological polar surface area (TPSA) is 223 Å². The number of nitrogens with one attached hydrogen (secondary N) is 1. The van der Waals surface area contributed by atoms with E-state index in [2.05, 4.69) is 5.32 Å². The van der Waals surface area contributed by atoms with Crippen LogP contribution in [0.5, 0.6) is 23.0 Å². The highest BCUT2D eigenvalue weighted by Crippen LogP contribution is 2.54. The number of nitrogens with zero attached hydrogens (tertiary/aromatic N) is 2. The number of morpholine rings is 1. The molecule has 61 heavy (non-hydrogen) atoms. The van der Waals surface area contributed by atoms with Crippen molar-refractivity contribution in [2.24, 2.45) is 23.7 Å². The van der Waals surface area contributed by atoms with Crippen molar-refractivity contribution < 1.29 is 68.0 Å². The Hall–Kier alpha value is -5.20. The molecule has 4 heterocycles. The zero-order valence-corrected chi connectivity index (χ0v) is 36.4. The zero-order valence-electron chi connectivity index (χ0n) is 36.4. The lowest BCUT2D eigenvalue weighted by molar-refractivity contribution is -0.160. The van der Waals surface area contributed by atoms with Crippen molar-refractivity contribution in [2.45, 2.75) is 85.6 Å². The summed E-state index contributed by atoms with van der Waals surface area (Å²) in [4.78, 5) is 53.9. The number of carbonyl (C=O) groups excluding carboxylic acids is 4. The van der Waals surface area contributed by atoms with Gasteiger partial charge in [-0.05, 0) is 19.9 Å². The molecule has 2 aromatic rings. The molecule has 1 saturated heterocycles. The minimum atomic E-state index is -2.04. The molecule has 0 radical (unpaired) electrons. The van der Waals surface area contributed by atoms with Crippen molar-refractivity contribution in [3.05, 3.63) is 53.3 Å². The van der Waals surface area contributed by atoms with Gasteiger partial charge in [-0.2, -0.15) is 0 Å². The van der Waals surface area contributed by atoms with Gasteiger partial charge in [0.2, 0.25) is 0 Å². The van der Waals surface area contributed by atoms with Crippen molar-refractivity contribution in [2.75, 3.05) is 52.4 Å². The van der Waals surface area contributed by atoms with Crippen LogP contribution < -0.4 is 14.8 Å². The quantitative estimate of drug-likeness (QED) is 0.204. The third-order valence-electron chi connectivity index (χ3n) is 11.9. The fourth-order valence-electron chi connectivity index (χ4n) is 7.99. The molecular weight excluding hydrogens is 794 g/mol. The number of benzene rings is 2. The number of aliphatic hydroxyl groups excluding tert-OH is 2. The molecule has 2 aromatic carbocycles. The molecule has 4 aliphatic heterocycles. The first-order valence-electron chi connectivity index (χ1n) is 20.3. The Morgan fingerprint density at radius 2 is 1.66 bits per heavy atom. The molecule has 1 fully saturated rings. The molecule has 334 valence electrons. The second-order valence-electron chi connectivity index (χ2n) is 16.2. The Labute approximate surface area is 355 Å². The number of likely N-dealkylation sites (N-methyl/N-ethyl adjacent to an activating group) is 1. The van der Waals surface area contributed by atoms with Crippen LogP contribution in [0.3, 0.4) is 0 Å². The fraction of sp³-hybridized carbons (Fsp3) is 0.545.